The predicted molar refractivity (Wildman–Crippen MR) is 108 cm³/mol. The second-order valence-corrected chi connectivity index (χ2v) is 8.22. The van der Waals surface area contributed by atoms with Gasteiger partial charge in [0.25, 0.3) is 5.91 Å². The summed E-state index contributed by atoms with van der Waals surface area (Å²) in [6.07, 6.45) is 3.32. The molecule has 27 heavy (non-hydrogen) atoms. The molecule has 148 valence electrons. The van der Waals surface area contributed by atoms with Crippen LogP contribution in [0.25, 0.3) is 0 Å². The molecular weight excluding hydrogens is 435 g/mol. The third kappa shape index (κ3) is 4.95. The number of pyridine rings is 1. The van der Waals surface area contributed by atoms with Crippen molar-refractivity contribution in [2.45, 2.75) is 17.4 Å². The first-order valence-electron chi connectivity index (χ1n) is 7.66. The zero-order valence-corrected chi connectivity index (χ0v) is 17.5. The number of hydrogen-bond donors (Lipinski definition) is 2. The molecule has 3 rings (SSSR count). The number of nitrogens with one attached hydrogen (secondary N) is 2. The van der Waals surface area contributed by atoms with Gasteiger partial charge in [0.2, 0.25) is 10.0 Å². The van der Waals surface area contributed by atoms with E-state index in [1.54, 1.807) is 6.07 Å². The van der Waals surface area contributed by atoms with Crippen LogP contribution in [-0.4, -0.2) is 43.1 Å². The molecule has 1 aliphatic heterocycles. The van der Waals surface area contributed by atoms with Crippen LogP contribution in [-0.2, 0) is 21.8 Å². The van der Waals surface area contributed by atoms with Gasteiger partial charge in [0.15, 0.2) is 0 Å². The Labute approximate surface area is 173 Å². The normalized spacial score (nSPS) is 16.8. The third-order valence-electron chi connectivity index (χ3n) is 3.83. The van der Waals surface area contributed by atoms with E-state index in [1.165, 1.54) is 30.1 Å². The minimum Gasteiger partial charge on any atom is -0.380 e. The van der Waals surface area contributed by atoms with Crippen molar-refractivity contribution in [3.8, 4) is 0 Å². The van der Waals surface area contributed by atoms with E-state index in [9.17, 15) is 13.2 Å². The number of hydrogen-bond acceptors (Lipinski definition) is 5. The summed E-state index contributed by atoms with van der Waals surface area (Å²) in [6, 6.07) is 2.71. The molecule has 2 N–H and O–H groups in total. The maximum atomic E-state index is 12.6. The SMILES string of the molecule is Cn1cc(S(=O)(=O)N[C@H]2CCOC2)c(Cl)c1C(=O)Nc1ccnc(Cl)c1.S. The lowest BCUT2D eigenvalue weighted by Gasteiger charge is -2.10. The van der Waals surface area contributed by atoms with Gasteiger partial charge in [-0.2, -0.15) is 13.5 Å². The molecule has 3 heterocycles. The summed E-state index contributed by atoms with van der Waals surface area (Å²) in [5.41, 5.74) is 0.431. The molecule has 0 aliphatic carbocycles. The standard InChI is InChI=1S/C15H16Cl2N4O4S.H2S/c1-21-7-11(26(23,24)20-10-3-5-25-8-10)13(17)14(21)15(22)19-9-2-4-18-12(16)6-9;/h2,4,6-7,10,20H,3,5,8H2,1H3,(H,18,19,22);1H2/t10-;/m0./s1. The van der Waals surface area contributed by atoms with Crippen molar-refractivity contribution in [1.82, 2.24) is 14.3 Å². The predicted octanol–water partition coefficient (Wildman–Crippen LogP) is 2.16. The second-order valence-electron chi connectivity index (χ2n) is 5.77. The van der Waals surface area contributed by atoms with Crippen molar-refractivity contribution < 1.29 is 17.9 Å². The number of rotatable bonds is 5. The van der Waals surface area contributed by atoms with E-state index in [4.69, 9.17) is 27.9 Å². The van der Waals surface area contributed by atoms with Gasteiger partial charge in [-0.15, -0.1) is 0 Å². The van der Waals surface area contributed by atoms with Crippen LogP contribution >= 0.6 is 36.7 Å². The number of amides is 1. The maximum Gasteiger partial charge on any atom is 0.273 e. The molecule has 0 unspecified atom stereocenters. The smallest absolute Gasteiger partial charge is 0.273 e. The Balaban J connectivity index is 0.00000261. The molecule has 1 saturated heterocycles. The summed E-state index contributed by atoms with van der Waals surface area (Å²) < 4.78 is 34.2. The number of aromatic nitrogens is 2. The van der Waals surface area contributed by atoms with E-state index >= 15 is 0 Å². The molecular formula is C15H18Cl2N4O4S2. The first-order valence-corrected chi connectivity index (χ1v) is 9.89. The zero-order chi connectivity index (χ0) is 18.9. The van der Waals surface area contributed by atoms with Crippen LogP contribution in [0.15, 0.2) is 29.4 Å². The largest absolute Gasteiger partial charge is 0.380 e. The first-order chi connectivity index (χ1) is 12.3. The molecule has 0 radical (unpaired) electrons. The third-order valence-corrected chi connectivity index (χ3v) is 6.06. The highest BCUT2D eigenvalue weighted by Gasteiger charge is 2.30. The number of halogens is 2. The quantitative estimate of drug-likeness (QED) is 0.676. The molecule has 8 nitrogen and oxygen atoms in total. The van der Waals surface area contributed by atoms with E-state index in [-0.39, 0.29) is 40.3 Å². The number of sulfonamides is 1. The van der Waals surface area contributed by atoms with Crippen LogP contribution in [0.3, 0.4) is 0 Å². The van der Waals surface area contributed by atoms with E-state index in [2.05, 4.69) is 15.0 Å². The Morgan fingerprint density at radius 3 is 2.78 bits per heavy atom. The minimum absolute atomic E-state index is 0. The fourth-order valence-electron chi connectivity index (χ4n) is 2.60. The molecule has 12 heteroatoms. The fraction of sp³-hybridized carbons (Fsp3) is 0.333. The van der Waals surface area contributed by atoms with Crippen LogP contribution in [0.1, 0.15) is 16.9 Å². The molecule has 1 fully saturated rings. The van der Waals surface area contributed by atoms with Crippen molar-refractivity contribution in [3.63, 3.8) is 0 Å². The highest BCUT2D eigenvalue weighted by Crippen LogP contribution is 2.28. The van der Waals surface area contributed by atoms with Gasteiger partial charge in [-0.3, -0.25) is 4.79 Å². The van der Waals surface area contributed by atoms with Crippen LogP contribution in [0, 0.1) is 0 Å². The summed E-state index contributed by atoms with van der Waals surface area (Å²) in [6.45, 7) is 0.803. The molecule has 1 amide bonds. The highest BCUT2D eigenvalue weighted by atomic mass is 35.5. The van der Waals surface area contributed by atoms with Gasteiger partial charge in [-0.1, -0.05) is 23.2 Å². The number of carbonyl (C=O) groups excluding carboxylic acids is 1. The monoisotopic (exact) mass is 452 g/mol. The molecule has 0 aromatic carbocycles. The van der Waals surface area contributed by atoms with Gasteiger partial charge in [0.1, 0.15) is 15.7 Å². The van der Waals surface area contributed by atoms with E-state index in [1.807, 2.05) is 0 Å². The average molecular weight is 453 g/mol. The van der Waals surface area contributed by atoms with Gasteiger partial charge in [-0.25, -0.2) is 18.1 Å². The van der Waals surface area contributed by atoms with Gasteiger partial charge in [0, 0.05) is 37.8 Å². The van der Waals surface area contributed by atoms with Crippen molar-refractivity contribution in [2.75, 3.05) is 18.5 Å². The Morgan fingerprint density at radius 2 is 2.15 bits per heavy atom. The molecule has 1 atom stereocenters. The number of aryl methyl sites for hydroxylation is 1. The summed E-state index contributed by atoms with van der Waals surface area (Å²) >= 11 is 12.0. The van der Waals surface area contributed by atoms with Crippen LogP contribution in [0.5, 0.6) is 0 Å². The van der Waals surface area contributed by atoms with Crippen molar-refractivity contribution in [3.05, 3.63) is 40.4 Å². The lowest BCUT2D eigenvalue weighted by Crippen LogP contribution is -2.35. The molecule has 2 aromatic heterocycles. The maximum absolute atomic E-state index is 12.6. The van der Waals surface area contributed by atoms with Gasteiger partial charge < -0.3 is 14.6 Å². The minimum atomic E-state index is -3.88. The highest BCUT2D eigenvalue weighted by molar-refractivity contribution is 7.89. The lowest BCUT2D eigenvalue weighted by atomic mass is 10.3. The van der Waals surface area contributed by atoms with Gasteiger partial charge in [0.05, 0.1) is 11.6 Å². The Hall–Kier alpha value is -1.30. The summed E-state index contributed by atoms with van der Waals surface area (Å²) in [5.74, 6) is -0.564. The second kappa shape index (κ2) is 8.80. The fourth-order valence-corrected chi connectivity index (χ4v) is 4.72. The first kappa shape index (κ1) is 22.0. The van der Waals surface area contributed by atoms with Crippen molar-refractivity contribution >= 4 is 58.3 Å². The zero-order valence-electron chi connectivity index (χ0n) is 14.2. The number of anilines is 1. The molecule has 0 spiro atoms. The molecule has 1 aliphatic rings. The summed E-state index contributed by atoms with van der Waals surface area (Å²) in [5, 5.41) is 2.67. The van der Waals surface area contributed by atoms with Crippen LogP contribution in [0.4, 0.5) is 5.69 Å². The Morgan fingerprint density at radius 1 is 1.41 bits per heavy atom. The topological polar surface area (TPSA) is 102 Å². The van der Waals surface area contributed by atoms with E-state index in [0.29, 0.717) is 25.3 Å². The van der Waals surface area contributed by atoms with Gasteiger partial charge >= 0.3 is 0 Å². The Bertz CT molecular complexity index is 943. The van der Waals surface area contributed by atoms with E-state index < -0.39 is 15.9 Å². The van der Waals surface area contributed by atoms with Crippen molar-refractivity contribution in [1.29, 1.82) is 0 Å². The number of carbonyl (C=O) groups is 1. The molecule has 2 aromatic rings. The molecule has 0 saturated carbocycles. The number of ether oxygens (including phenoxy) is 1. The van der Waals surface area contributed by atoms with E-state index in [0.717, 1.165) is 0 Å². The summed E-state index contributed by atoms with van der Waals surface area (Å²) in [7, 11) is -2.34. The van der Waals surface area contributed by atoms with Crippen molar-refractivity contribution in [2.24, 2.45) is 7.05 Å². The average Bonchev–Trinajstić information content (AvgIpc) is 3.14. The van der Waals surface area contributed by atoms with Gasteiger partial charge in [-0.05, 0) is 18.6 Å². The lowest BCUT2D eigenvalue weighted by molar-refractivity contribution is 0.101. The Kier molecular flexibility index (Phi) is 7.17. The van der Waals surface area contributed by atoms with Crippen LogP contribution in [0.2, 0.25) is 10.2 Å². The molecule has 0 bridgehead atoms. The van der Waals surface area contributed by atoms with Crippen LogP contribution < -0.4 is 10.0 Å². The summed E-state index contributed by atoms with van der Waals surface area (Å²) in [4.78, 5) is 16.2. The number of nitrogens with zero attached hydrogens (tertiary/aromatic N) is 2.